The summed E-state index contributed by atoms with van der Waals surface area (Å²) in [6, 6.07) is 6.93. The molecule has 0 bridgehead atoms. The number of hydrogen-bond acceptors (Lipinski definition) is 5. The second-order valence-electron chi connectivity index (χ2n) is 7.21. The molecule has 1 amide bonds. The largest absolute Gasteiger partial charge is 0.368 e. The lowest BCUT2D eigenvalue weighted by atomic mass is 10.1. The van der Waals surface area contributed by atoms with Gasteiger partial charge in [-0.1, -0.05) is 36.4 Å². The molecule has 0 radical (unpaired) electrons. The number of hydrogen-bond donors (Lipinski definition) is 1. The zero-order valence-corrected chi connectivity index (χ0v) is 16.3. The van der Waals surface area contributed by atoms with Crippen molar-refractivity contribution in [3.05, 3.63) is 54.1 Å². The van der Waals surface area contributed by atoms with Gasteiger partial charge in [0.25, 0.3) is 5.91 Å². The molecule has 1 aromatic rings. The van der Waals surface area contributed by atoms with Gasteiger partial charge in [-0.05, 0) is 30.5 Å². The van der Waals surface area contributed by atoms with Crippen molar-refractivity contribution >= 4 is 21.6 Å². The molecule has 8 heteroatoms. The molecule has 0 aromatic heterocycles. The van der Waals surface area contributed by atoms with E-state index in [0.29, 0.717) is 24.3 Å². The molecule has 4 rings (SSSR count). The van der Waals surface area contributed by atoms with Gasteiger partial charge in [0.05, 0.1) is 12.4 Å². The molecule has 3 atom stereocenters. The first-order chi connectivity index (χ1) is 13.5. The van der Waals surface area contributed by atoms with Crippen LogP contribution in [-0.4, -0.2) is 56.6 Å². The van der Waals surface area contributed by atoms with Crippen LogP contribution in [0.5, 0.6) is 0 Å². The van der Waals surface area contributed by atoms with Gasteiger partial charge < -0.3 is 14.8 Å². The summed E-state index contributed by atoms with van der Waals surface area (Å²) in [7, 11) is -3.33. The Morgan fingerprint density at radius 3 is 2.68 bits per heavy atom. The van der Waals surface area contributed by atoms with Gasteiger partial charge in [0.2, 0.25) is 10.0 Å². The fourth-order valence-electron chi connectivity index (χ4n) is 3.63. The molecular weight excluding hydrogens is 380 g/mol. The molecule has 2 saturated heterocycles. The average molecular weight is 404 g/mol. The van der Waals surface area contributed by atoms with E-state index in [1.54, 1.807) is 24.3 Å². The number of nitrogens with zero attached hydrogens (tertiary/aromatic N) is 1. The number of nitrogens with one attached hydrogen (secondary N) is 1. The van der Waals surface area contributed by atoms with Crippen LogP contribution in [0, 0.1) is 0 Å². The quantitative estimate of drug-likeness (QED) is 0.809. The summed E-state index contributed by atoms with van der Waals surface area (Å²) in [6.07, 6.45) is 8.21. The Kier molecular flexibility index (Phi) is 5.63. The third kappa shape index (κ3) is 4.35. The highest BCUT2D eigenvalue weighted by Crippen LogP contribution is 2.22. The van der Waals surface area contributed by atoms with E-state index in [9.17, 15) is 13.2 Å². The molecule has 150 valence electrons. The number of anilines is 1. The summed E-state index contributed by atoms with van der Waals surface area (Å²) in [6.45, 7) is 1.35. The standard InChI is InChI=1S/C20H24N2O5S/c23-20(19-13-26-17-8-1-2-9-18(17)27-19)21-16-7-5-6-15(12-16)14-28(24,25)22-10-3-4-11-22/h1-2,5-9,12,17-19H,3-4,10-11,13-14H2,(H,21,23)/t17-,18-,19-/m0/s1. The van der Waals surface area contributed by atoms with Crippen LogP contribution in [0.1, 0.15) is 18.4 Å². The van der Waals surface area contributed by atoms with Gasteiger partial charge in [-0.15, -0.1) is 0 Å². The minimum Gasteiger partial charge on any atom is -0.368 e. The maximum absolute atomic E-state index is 12.6. The van der Waals surface area contributed by atoms with Crippen LogP contribution in [0.3, 0.4) is 0 Å². The van der Waals surface area contributed by atoms with Crippen LogP contribution in [0.2, 0.25) is 0 Å². The van der Waals surface area contributed by atoms with Gasteiger partial charge in [0, 0.05) is 18.8 Å². The summed E-state index contributed by atoms with van der Waals surface area (Å²) in [5.74, 6) is -0.373. The number of amides is 1. The van der Waals surface area contributed by atoms with Gasteiger partial charge in [-0.2, -0.15) is 0 Å². The first-order valence-electron chi connectivity index (χ1n) is 9.51. The Balaban J connectivity index is 1.38. The van der Waals surface area contributed by atoms with Crippen LogP contribution in [0.15, 0.2) is 48.6 Å². The van der Waals surface area contributed by atoms with E-state index >= 15 is 0 Å². The lowest BCUT2D eigenvalue weighted by Crippen LogP contribution is -2.47. The predicted molar refractivity (Wildman–Crippen MR) is 105 cm³/mol. The molecule has 3 aliphatic rings. The molecule has 2 fully saturated rings. The fourth-order valence-corrected chi connectivity index (χ4v) is 5.23. The summed E-state index contributed by atoms with van der Waals surface area (Å²) in [5, 5.41) is 2.81. The highest BCUT2D eigenvalue weighted by molar-refractivity contribution is 7.88. The van der Waals surface area contributed by atoms with Gasteiger partial charge in [-0.25, -0.2) is 12.7 Å². The van der Waals surface area contributed by atoms with Crippen molar-refractivity contribution in [1.82, 2.24) is 4.31 Å². The van der Waals surface area contributed by atoms with Crippen LogP contribution in [-0.2, 0) is 30.0 Å². The molecule has 2 heterocycles. The monoisotopic (exact) mass is 404 g/mol. The number of rotatable bonds is 5. The van der Waals surface area contributed by atoms with E-state index in [4.69, 9.17) is 9.47 Å². The highest BCUT2D eigenvalue weighted by atomic mass is 32.2. The summed E-state index contributed by atoms with van der Waals surface area (Å²) in [4.78, 5) is 12.6. The van der Waals surface area contributed by atoms with Crippen LogP contribution in [0.25, 0.3) is 0 Å². The lowest BCUT2D eigenvalue weighted by molar-refractivity contribution is -0.164. The summed E-state index contributed by atoms with van der Waals surface area (Å²) >= 11 is 0. The number of benzene rings is 1. The number of carbonyl (C=O) groups is 1. The zero-order valence-electron chi connectivity index (χ0n) is 15.5. The van der Waals surface area contributed by atoms with E-state index in [0.717, 1.165) is 12.8 Å². The van der Waals surface area contributed by atoms with Crippen LogP contribution in [0.4, 0.5) is 5.69 Å². The van der Waals surface area contributed by atoms with Crippen molar-refractivity contribution in [3.8, 4) is 0 Å². The van der Waals surface area contributed by atoms with Gasteiger partial charge >= 0.3 is 0 Å². The third-order valence-electron chi connectivity index (χ3n) is 5.09. The fraction of sp³-hybridized carbons (Fsp3) is 0.450. The van der Waals surface area contributed by atoms with Crippen LogP contribution < -0.4 is 5.32 Å². The van der Waals surface area contributed by atoms with Crippen molar-refractivity contribution in [2.24, 2.45) is 0 Å². The molecule has 1 aliphatic carbocycles. The maximum Gasteiger partial charge on any atom is 0.255 e. The molecule has 28 heavy (non-hydrogen) atoms. The Morgan fingerprint density at radius 2 is 1.89 bits per heavy atom. The smallest absolute Gasteiger partial charge is 0.255 e. The average Bonchev–Trinajstić information content (AvgIpc) is 3.23. The SMILES string of the molecule is O=C(Nc1cccc(CS(=O)(=O)N2CCCC2)c1)[C@@H]1CO[C@H]2C=CC=C[C@@H]2O1. The maximum atomic E-state index is 12.6. The predicted octanol–water partition coefficient (Wildman–Crippen LogP) is 1.83. The molecule has 1 N–H and O–H groups in total. The first-order valence-corrected chi connectivity index (χ1v) is 11.1. The second kappa shape index (κ2) is 8.16. The number of allylic oxidation sites excluding steroid dienone is 2. The number of ether oxygens (including phenoxy) is 2. The molecule has 0 saturated carbocycles. The third-order valence-corrected chi connectivity index (χ3v) is 6.94. The van der Waals surface area contributed by atoms with E-state index in [1.165, 1.54) is 4.31 Å². The Hall–Kier alpha value is -2.00. The number of sulfonamides is 1. The van der Waals surface area contributed by atoms with Crippen molar-refractivity contribution in [1.29, 1.82) is 0 Å². The Labute approximate surface area is 165 Å². The van der Waals surface area contributed by atoms with Crippen molar-refractivity contribution in [3.63, 3.8) is 0 Å². The first kappa shape index (κ1) is 19.3. The minimum absolute atomic E-state index is 0.0688. The number of carbonyl (C=O) groups excluding carboxylic acids is 1. The van der Waals surface area contributed by atoms with Crippen molar-refractivity contribution in [2.75, 3.05) is 25.0 Å². The van der Waals surface area contributed by atoms with E-state index in [1.807, 2.05) is 24.3 Å². The number of fused-ring (bicyclic) bond motifs is 1. The zero-order chi connectivity index (χ0) is 19.6. The van der Waals surface area contributed by atoms with E-state index in [-0.39, 0.29) is 30.5 Å². The Morgan fingerprint density at radius 1 is 1.14 bits per heavy atom. The van der Waals surface area contributed by atoms with Crippen LogP contribution >= 0.6 is 0 Å². The molecule has 1 aromatic carbocycles. The topological polar surface area (TPSA) is 84.9 Å². The molecule has 7 nitrogen and oxygen atoms in total. The van der Waals surface area contributed by atoms with Crippen molar-refractivity contribution < 1.29 is 22.7 Å². The lowest BCUT2D eigenvalue weighted by Gasteiger charge is -2.34. The second-order valence-corrected chi connectivity index (χ2v) is 9.18. The summed E-state index contributed by atoms with van der Waals surface area (Å²) in [5.41, 5.74) is 1.19. The molecule has 0 unspecified atom stereocenters. The minimum atomic E-state index is -3.33. The molecule has 0 spiro atoms. The highest BCUT2D eigenvalue weighted by Gasteiger charge is 2.34. The van der Waals surface area contributed by atoms with Gasteiger partial charge in [-0.3, -0.25) is 4.79 Å². The molecule has 2 aliphatic heterocycles. The van der Waals surface area contributed by atoms with Gasteiger partial charge in [0.1, 0.15) is 12.2 Å². The van der Waals surface area contributed by atoms with Gasteiger partial charge in [0.15, 0.2) is 6.10 Å². The van der Waals surface area contributed by atoms with E-state index in [2.05, 4.69) is 5.32 Å². The van der Waals surface area contributed by atoms with Crippen molar-refractivity contribution in [2.45, 2.75) is 36.9 Å². The van der Waals surface area contributed by atoms with E-state index < -0.39 is 16.1 Å². The normalized spacial score (nSPS) is 27.5. The summed E-state index contributed by atoms with van der Waals surface area (Å²) < 4.78 is 38.1. The Bertz CT molecular complexity index is 890. The molecular formula is C20H24N2O5S.